The Morgan fingerprint density at radius 3 is 2.67 bits per heavy atom. The van der Waals surface area contributed by atoms with Gasteiger partial charge in [0.25, 0.3) is 0 Å². The van der Waals surface area contributed by atoms with Gasteiger partial charge in [-0.25, -0.2) is 0 Å². The zero-order valence-corrected chi connectivity index (χ0v) is 13.7. The van der Waals surface area contributed by atoms with Gasteiger partial charge in [-0.2, -0.15) is 0 Å². The first-order valence-corrected chi connectivity index (χ1v) is 8.31. The van der Waals surface area contributed by atoms with Crippen LogP contribution in [0.3, 0.4) is 0 Å². The molecule has 0 spiro atoms. The van der Waals surface area contributed by atoms with Gasteiger partial charge in [-0.3, -0.25) is 0 Å². The second kappa shape index (κ2) is 8.11. The van der Waals surface area contributed by atoms with Crippen LogP contribution in [0.5, 0.6) is 5.75 Å². The molecule has 0 amide bonds. The highest BCUT2D eigenvalue weighted by Gasteiger charge is 2.14. The average molecular weight is 301 g/mol. The first-order valence-electron chi connectivity index (χ1n) is 7.33. The van der Waals surface area contributed by atoms with E-state index < -0.39 is 0 Å². The van der Waals surface area contributed by atoms with E-state index >= 15 is 0 Å². The molecule has 0 heterocycles. The predicted molar refractivity (Wildman–Crippen MR) is 91.3 cm³/mol. The Hall–Kier alpha value is -1.45. The van der Waals surface area contributed by atoms with Crippen LogP contribution in [0.2, 0.25) is 0 Å². The Balaban J connectivity index is 2.09. The Labute approximate surface area is 131 Å². The highest BCUT2D eigenvalue weighted by atomic mass is 32.2. The maximum atomic E-state index is 5.74. The number of rotatable bonds is 7. The van der Waals surface area contributed by atoms with Gasteiger partial charge in [-0.1, -0.05) is 35.9 Å². The molecule has 1 unspecified atom stereocenters. The number of hydrogen-bond donors (Lipinski definition) is 1. The van der Waals surface area contributed by atoms with E-state index in [-0.39, 0.29) is 6.04 Å². The Morgan fingerprint density at radius 1 is 1.14 bits per heavy atom. The maximum Gasteiger partial charge on any atom is 0.124 e. The molecule has 0 aliphatic carbocycles. The van der Waals surface area contributed by atoms with E-state index in [1.165, 1.54) is 16.0 Å². The van der Waals surface area contributed by atoms with Crippen LogP contribution in [0, 0.1) is 6.92 Å². The number of ether oxygens (including phenoxy) is 1. The normalized spacial score (nSPS) is 12.1. The van der Waals surface area contributed by atoms with Crippen LogP contribution in [0.1, 0.15) is 24.1 Å². The fourth-order valence-corrected chi connectivity index (χ4v) is 3.42. The van der Waals surface area contributed by atoms with E-state index in [0.29, 0.717) is 6.61 Å². The molecule has 2 rings (SSSR count). The fourth-order valence-electron chi connectivity index (χ4n) is 2.27. The van der Waals surface area contributed by atoms with E-state index in [9.17, 15) is 0 Å². The van der Waals surface area contributed by atoms with Crippen LogP contribution in [0.15, 0.2) is 53.4 Å². The molecule has 0 saturated carbocycles. The van der Waals surface area contributed by atoms with Gasteiger partial charge in [0.1, 0.15) is 5.75 Å². The van der Waals surface area contributed by atoms with Crippen molar-refractivity contribution in [2.75, 3.05) is 19.4 Å². The minimum absolute atomic E-state index is 0.276. The zero-order chi connectivity index (χ0) is 15.1. The summed E-state index contributed by atoms with van der Waals surface area (Å²) < 4.78 is 5.74. The van der Waals surface area contributed by atoms with Gasteiger partial charge < -0.3 is 10.1 Å². The molecule has 2 aromatic carbocycles. The van der Waals surface area contributed by atoms with Gasteiger partial charge in [0.2, 0.25) is 0 Å². The zero-order valence-electron chi connectivity index (χ0n) is 12.9. The molecule has 21 heavy (non-hydrogen) atoms. The summed E-state index contributed by atoms with van der Waals surface area (Å²) in [5.41, 5.74) is 2.53. The number of aryl methyl sites for hydroxylation is 1. The van der Waals surface area contributed by atoms with Crippen LogP contribution in [0.25, 0.3) is 0 Å². The lowest BCUT2D eigenvalue weighted by molar-refractivity contribution is 0.333. The summed E-state index contributed by atoms with van der Waals surface area (Å²) in [6.07, 6.45) is 0. The summed E-state index contributed by atoms with van der Waals surface area (Å²) in [6.45, 7) is 4.84. The Kier molecular flexibility index (Phi) is 6.15. The SMILES string of the molecule is CCOc1ccccc1C(CSc1cccc(C)c1)NC. The molecule has 0 aliphatic heterocycles. The quantitative estimate of drug-likeness (QED) is 0.764. The largest absolute Gasteiger partial charge is 0.494 e. The molecule has 2 nitrogen and oxygen atoms in total. The number of benzene rings is 2. The van der Waals surface area contributed by atoms with Crippen molar-refractivity contribution in [1.82, 2.24) is 5.32 Å². The van der Waals surface area contributed by atoms with Crippen molar-refractivity contribution in [1.29, 1.82) is 0 Å². The number of thioether (sulfide) groups is 1. The van der Waals surface area contributed by atoms with Crippen molar-refractivity contribution >= 4 is 11.8 Å². The van der Waals surface area contributed by atoms with Crippen LogP contribution < -0.4 is 10.1 Å². The van der Waals surface area contributed by atoms with Crippen molar-refractivity contribution in [2.24, 2.45) is 0 Å². The van der Waals surface area contributed by atoms with E-state index in [4.69, 9.17) is 4.74 Å². The van der Waals surface area contributed by atoms with Crippen molar-refractivity contribution in [3.8, 4) is 5.75 Å². The summed E-state index contributed by atoms with van der Waals surface area (Å²) in [5, 5.41) is 3.40. The van der Waals surface area contributed by atoms with Crippen LogP contribution >= 0.6 is 11.8 Å². The minimum Gasteiger partial charge on any atom is -0.494 e. The average Bonchev–Trinajstić information content (AvgIpc) is 2.50. The third-order valence-corrected chi connectivity index (χ3v) is 4.44. The molecule has 0 aliphatic rings. The maximum absolute atomic E-state index is 5.74. The van der Waals surface area contributed by atoms with E-state index in [2.05, 4.69) is 48.6 Å². The standard InChI is InChI=1S/C18H23NOS/c1-4-20-18-11-6-5-10-16(18)17(19-3)13-21-15-9-7-8-14(2)12-15/h5-12,17,19H,4,13H2,1-3H3. The predicted octanol–water partition coefficient (Wildman–Crippen LogP) is 4.45. The third kappa shape index (κ3) is 4.51. The van der Waals surface area contributed by atoms with Gasteiger partial charge in [-0.05, 0) is 39.1 Å². The highest BCUT2D eigenvalue weighted by molar-refractivity contribution is 7.99. The summed E-state index contributed by atoms with van der Waals surface area (Å²) in [6, 6.07) is 17.2. The van der Waals surface area contributed by atoms with E-state index in [0.717, 1.165) is 11.5 Å². The summed E-state index contributed by atoms with van der Waals surface area (Å²) in [5.74, 6) is 1.95. The molecule has 112 valence electrons. The summed E-state index contributed by atoms with van der Waals surface area (Å²) in [7, 11) is 2.00. The van der Waals surface area contributed by atoms with Crippen molar-refractivity contribution < 1.29 is 4.74 Å². The number of nitrogens with one attached hydrogen (secondary N) is 1. The highest BCUT2D eigenvalue weighted by Crippen LogP contribution is 2.30. The first kappa shape index (κ1) is 15.9. The molecular weight excluding hydrogens is 278 g/mol. The lowest BCUT2D eigenvalue weighted by atomic mass is 10.1. The van der Waals surface area contributed by atoms with Gasteiger partial charge in [-0.15, -0.1) is 11.8 Å². The molecule has 0 radical (unpaired) electrons. The Morgan fingerprint density at radius 2 is 1.95 bits per heavy atom. The van der Waals surface area contributed by atoms with Crippen molar-refractivity contribution in [3.05, 3.63) is 59.7 Å². The smallest absolute Gasteiger partial charge is 0.124 e. The molecule has 0 saturated heterocycles. The van der Waals surface area contributed by atoms with Gasteiger partial charge in [0.15, 0.2) is 0 Å². The van der Waals surface area contributed by atoms with Gasteiger partial charge in [0, 0.05) is 22.3 Å². The molecule has 3 heteroatoms. The summed E-state index contributed by atoms with van der Waals surface area (Å²) >= 11 is 1.87. The molecule has 0 aromatic heterocycles. The third-order valence-electron chi connectivity index (χ3n) is 3.35. The second-order valence-electron chi connectivity index (χ2n) is 4.94. The van der Waals surface area contributed by atoms with Crippen molar-refractivity contribution in [3.63, 3.8) is 0 Å². The molecule has 1 N–H and O–H groups in total. The van der Waals surface area contributed by atoms with E-state index in [1.54, 1.807) is 0 Å². The second-order valence-corrected chi connectivity index (χ2v) is 6.03. The number of hydrogen-bond acceptors (Lipinski definition) is 3. The summed E-state index contributed by atoms with van der Waals surface area (Å²) in [4.78, 5) is 1.31. The molecule has 1 atom stereocenters. The molecular formula is C18H23NOS. The van der Waals surface area contributed by atoms with Crippen LogP contribution in [-0.2, 0) is 0 Å². The molecule has 2 aromatic rings. The lowest BCUT2D eigenvalue weighted by Crippen LogP contribution is -2.19. The lowest BCUT2D eigenvalue weighted by Gasteiger charge is -2.19. The molecule has 0 fully saturated rings. The fraction of sp³-hybridized carbons (Fsp3) is 0.333. The Bertz CT molecular complexity index is 571. The van der Waals surface area contributed by atoms with Crippen molar-refractivity contribution in [2.45, 2.75) is 24.8 Å². The van der Waals surface area contributed by atoms with Gasteiger partial charge in [0.05, 0.1) is 6.61 Å². The van der Waals surface area contributed by atoms with Gasteiger partial charge >= 0.3 is 0 Å². The minimum atomic E-state index is 0.276. The van der Waals surface area contributed by atoms with Crippen LogP contribution in [0.4, 0.5) is 0 Å². The monoisotopic (exact) mass is 301 g/mol. The first-order chi connectivity index (χ1) is 10.2. The molecule has 0 bridgehead atoms. The topological polar surface area (TPSA) is 21.3 Å². The number of para-hydroxylation sites is 1. The van der Waals surface area contributed by atoms with Crippen LogP contribution in [-0.4, -0.2) is 19.4 Å². The van der Waals surface area contributed by atoms with E-state index in [1.807, 2.05) is 37.9 Å².